The van der Waals surface area contributed by atoms with E-state index in [0.29, 0.717) is 126 Å². The molecule has 0 aliphatic heterocycles. The van der Waals surface area contributed by atoms with Crippen molar-refractivity contribution in [1.29, 1.82) is 0 Å². The number of carbonyl (C=O) groups is 1. The first kappa shape index (κ1) is 37.6. The molecule has 0 heterocycles. The molecule has 0 atom stereocenters. The molecule has 12 nitrogen and oxygen atoms in total. The Morgan fingerprint density at radius 3 is 1.10 bits per heavy atom. The SMILES string of the molecule is CC(=O)Nc1ccc(OCCOCCOCCOCCOCCOCCOCCOCCOCCOCCBr)cc1. The third-order valence-corrected chi connectivity index (χ3v) is 5.19. The van der Waals surface area contributed by atoms with E-state index in [0.717, 1.165) is 16.8 Å². The third kappa shape index (κ3) is 27.2. The second kappa shape index (κ2) is 30.1. The number of nitrogens with one attached hydrogen (secondary N) is 1. The van der Waals surface area contributed by atoms with Gasteiger partial charge in [0.05, 0.1) is 119 Å². The zero-order chi connectivity index (χ0) is 29.5. The summed E-state index contributed by atoms with van der Waals surface area (Å²) in [6, 6.07) is 7.18. The number of hydrogen-bond acceptors (Lipinski definition) is 11. The van der Waals surface area contributed by atoms with Crippen molar-refractivity contribution < 1.29 is 52.2 Å². The summed E-state index contributed by atoms with van der Waals surface area (Å²) in [6.07, 6.45) is 0. The molecule has 0 unspecified atom stereocenters. The van der Waals surface area contributed by atoms with Crippen LogP contribution in [0, 0.1) is 0 Å². The molecule has 0 saturated carbocycles. The van der Waals surface area contributed by atoms with Gasteiger partial charge >= 0.3 is 0 Å². The van der Waals surface area contributed by atoms with Crippen molar-refractivity contribution in [3.8, 4) is 5.75 Å². The molecule has 1 aromatic rings. The van der Waals surface area contributed by atoms with Gasteiger partial charge in [0.2, 0.25) is 5.91 Å². The van der Waals surface area contributed by atoms with E-state index in [1.54, 1.807) is 24.3 Å². The van der Waals surface area contributed by atoms with Gasteiger partial charge in [-0.15, -0.1) is 0 Å². The second-order valence-corrected chi connectivity index (χ2v) is 9.05. The van der Waals surface area contributed by atoms with Gasteiger partial charge in [0, 0.05) is 17.9 Å². The predicted octanol–water partition coefficient (Wildman–Crippen LogP) is 2.57. The summed E-state index contributed by atoms with van der Waals surface area (Å²) in [5, 5.41) is 3.54. The number of amides is 1. The Balaban J connectivity index is 1.68. The highest BCUT2D eigenvalue weighted by Gasteiger charge is 1.98. The van der Waals surface area contributed by atoms with E-state index in [4.69, 9.17) is 47.4 Å². The molecule has 0 spiro atoms. The largest absolute Gasteiger partial charge is 0.491 e. The van der Waals surface area contributed by atoms with Crippen LogP contribution in [0.25, 0.3) is 0 Å². The standard InChI is InChI=1S/C28H48BrNO11/c1-26(31)30-27-2-4-28(5-3-27)41-25-24-40-23-22-39-21-20-38-19-18-37-17-16-36-15-14-35-13-12-34-11-10-33-9-8-32-7-6-29/h2-5H,6-25H2,1H3,(H,30,31). The van der Waals surface area contributed by atoms with Crippen molar-refractivity contribution in [3.63, 3.8) is 0 Å². The van der Waals surface area contributed by atoms with Gasteiger partial charge in [-0.05, 0) is 24.3 Å². The van der Waals surface area contributed by atoms with Crippen LogP contribution in [0.3, 0.4) is 0 Å². The first-order valence-corrected chi connectivity index (χ1v) is 15.1. The van der Waals surface area contributed by atoms with E-state index in [1.165, 1.54) is 6.92 Å². The van der Waals surface area contributed by atoms with Gasteiger partial charge < -0.3 is 52.7 Å². The highest BCUT2D eigenvalue weighted by atomic mass is 79.9. The van der Waals surface area contributed by atoms with Crippen molar-refractivity contribution in [3.05, 3.63) is 24.3 Å². The molecule has 0 fully saturated rings. The van der Waals surface area contributed by atoms with Crippen molar-refractivity contribution in [2.75, 3.05) is 136 Å². The van der Waals surface area contributed by atoms with Crippen LogP contribution < -0.4 is 10.1 Å². The number of benzene rings is 1. The minimum absolute atomic E-state index is 0.106. The van der Waals surface area contributed by atoms with Crippen molar-refractivity contribution in [1.82, 2.24) is 0 Å². The van der Waals surface area contributed by atoms with E-state index in [2.05, 4.69) is 21.2 Å². The smallest absolute Gasteiger partial charge is 0.221 e. The predicted molar refractivity (Wildman–Crippen MR) is 157 cm³/mol. The van der Waals surface area contributed by atoms with Gasteiger partial charge in [-0.25, -0.2) is 0 Å². The Hall–Kier alpha value is -1.39. The molecule has 0 aliphatic rings. The molecule has 238 valence electrons. The average Bonchev–Trinajstić information content (AvgIpc) is 2.97. The zero-order valence-corrected chi connectivity index (χ0v) is 25.9. The maximum atomic E-state index is 11.0. The molecule has 0 aromatic heterocycles. The molecule has 0 bridgehead atoms. The van der Waals surface area contributed by atoms with Gasteiger partial charge in [-0.2, -0.15) is 0 Å². The lowest BCUT2D eigenvalue weighted by Crippen LogP contribution is -2.15. The molecule has 1 N–H and O–H groups in total. The number of rotatable bonds is 31. The van der Waals surface area contributed by atoms with Crippen LogP contribution >= 0.6 is 15.9 Å². The highest BCUT2D eigenvalue weighted by Crippen LogP contribution is 2.15. The van der Waals surface area contributed by atoms with Crippen LogP contribution in [0.1, 0.15) is 6.92 Å². The molecule has 1 aromatic carbocycles. The number of hydrogen-bond donors (Lipinski definition) is 1. The summed E-state index contributed by atoms with van der Waals surface area (Å²) in [5.41, 5.74) is 0.734. The zero-order valence-electron chi connectivity index (χ0n) is 24.3. The third-order valence-electron chi connectivity index (χ3n) is 4.87. The molecule has 0 radical (unpaired) electrons. The molecular weight excluding hydrogens is 606 g/mol. The summed E-state index contributed by atoms with van der Waals surface area (Å²) < 4.78 is 54.5. The van der Waals surface area contributed by atoms with Crippen LogP contribution in [0.15, 0.2) is 24.3 Å². The van der Waals surface area contributed by atoms with E-state index < -0.39 is 0 Å². The van der Waals surface area contributed by atoms with E-state index >= 15 is 0 Å². The van der Waals surface area contributed by atoms with Crippen LogP contribution in [-0.4, -0.2) is 137 Å². The minimum Gasteiger partial charge on any atom is -0.491 e. The number of halogens is 1. The number of anilines is 1. The molecular formula is C28H48BrNO11. The van der Waals surface area contributed by atoms with Crippen molar-refractivity contribution in [2.24, 2.45) is 0 Å². The molecule has 1 amide bonds. The topological polar surface area (TPSA) is 121 Å². The van der Waals surface area contributed by atoms with Crippen LogP contribution in [0.4, 0.5) is 5.69 Å². The lowest BCUT2D eigenvalue weighted by molar-refractivity contribution is -0.114. The van der Waals surface area contributed by atoms with Crippen LogP contribution in [0.5, 0.6) is 5.75 Å². The fourth-order valence-corrected chi connectivity index (χ4v) is 3.20. The summed E-state index contributed by atoms with van der Waals surface area (Å²) in [7, 11) is 0. The molecule has 41 heavy (non-hydrogen) atoms. The summed E-state index contributed by atoms with van der Waals surface area (Å²) in [5.74, 6) is 0.613. The Morgan fingerprint density at radius 1 is 0.512 bits per heavy atom. The Kier molecular flexibility index (Phi) is 27.6. The van der Waals surface area contributed by atoms with Crippen molar-refractivity contribution >= 4 is 27.5 Å². The molecule has 13 heteroatoms. The first-order chi connectivity index (χ1) is 20.2. The molecule has 0 aliphatic carbocycles. The number of alkyl halides is 1. The van der Waals surface area contributed by atoms with Crippen LogP contribution in [0.2, 0.25) is 0 Å². The summed E-state index contributed by atoms with van der Waals surface area (Å²) in [4.78, 5) is 11.0. The number of ether oxygens (including phenoxy) is 10. The Bertz CT molecular complexity index is 700. The monoisotopic (exact) mass is 653 g/mol. The molecule has 1 rings (SSSR count). The van der Waals surface area contributed by atoms with Gasteiger partial charge in [-0.1, -0.05) is 15.9 Å². The van der Waals surface area contributed by atoms with Gasteiger partial charge in [-0.3, -0.25) is 4.79 Å². The first-order valence-electron chi connectivity index (χ1n) is 14.0. The molecule has 0 saturated heterocycles. The van der Waals surface area contributed by atoms with E-state index in [1.807, 2.05) is 0 Å². The van der Waals surface area contributed by atoms with Gasteiger partial charge in [0.15, 0.2) is 0 Å². The maximum absolute atomic E-state index is 11.0. The lowest BCUT2D eigenvalue weighted by atomic mass is 10.3. The highest BCUT2D eigenvalue weighted by molar-refractivity contribution is 9.09. The normalized spacial score (nSPS) is 11.2. The fraction of sp³-hybridized carbons (Fsp3) is 0.750. The summed E-state index contributed by atoms with van der Waals surface area (Å²) >= 11 is 3.30. The van der Waals surface area contributed by atoms with E-state index in [9.17, 15) is 4.79 Å². The van der Waals surface area contributed by atoms with Gasteiger partial charge in [0.1, 0.15) is 12.4 Å². The quantitative estimate of drug-likeness (QED) is 0.0940. The minimum atomic E-state index is -0.106. The lowest BCUT2D eigenvalue weighted by Gasteiger charge is -2.09. The van der Waals surface area contributed by atoms with Gasteiger partial charge in [0.25, 0.3) is 0 Å². The second-order valence-electron chi connectivity index (χ2n) is 8.25. The summed E-state index contributed by atoms with van der Waals surface area (Å²) in [6.45, 7) is 11.4. The Labute approximate surface area is 252 Å². The van der Waals surface area contributed by atoms with Crippen molar-refractivity contribution in [2.45, 2.75) is 6.92 Å². The van der Waals surface area contributed by atoms with E-state index in [-0.39, 0.29) is 5.91 Å². The Morgan fingerprint density at radius 2 is 0.805 bits per heavy atom. The average molecular weight is 655 g/mol. The van der Waals surface area contributed by atoms with Crippen LogP contribution in [-0.2, 0) is 47.4 Å². The maximum Gasteiger partial charge on any atom is 0.221 e. The number of carbonyl (C=O) groups excluding carboxylic acids is 1. The fourth-order valence-electron chi connectivity index (χ4n) is 2.97.